The molecule has 4 atom stereocenters. The first-order valence-electron chi connectivity index (χ1n) is 13.3. The second-order valence-electron chi connectivity index (χ2n) is 8.56. The molecule has 0 radical (unpaired) electrons. The number of phenols is 1. The van der Waals surface area contributed by atoms with E-state index in [-0.39, 0.29) is 40.7 Å². The Balaban J connectivity index is 1.42. The van der Waals surface area contributed by atoms with Gasteiger partial charge >= 0.3 is 0 Å². The molecule has 2 aliphatic heterocycles. The molecule has 2 bridgehead atoms. The van der Waals surface area contributed by atoms with Gasteiger partial charge in [0.1, 0.15) is 11.9 Å². The molecule has 11 heteroatoms. The molecule has 2 aromatic heterocycles. The number of tetrazole rings is 1. The molecule has 2 N–H and O–H groups in total. The molecule has 2 aliphatic rings. The quantitative estimate of drug-likeness (QED) is 0.620. The van der Waals surface area contributed by atoms with Crippen LogP contribution in [0.4, 0.5) is 10.2 Å². The SMILES string of the molecule is [2H]C([2H])([2H])N(c1cnc(-c2ccc(-c3nnn(C([2H])([2H])[2H])n3)cc2O)nn1)[C@H]1C[C@]2(C)CCC[C@H](N2)[C@H]1F. The molecule has 0 unspecified atom stereocenters. The number of aromatic nitrogens is 7. The van der Waals surface area contributed by atoms with E-state index in [0.29, 0.717) is 16.8 Å². The Morgan fingerprint density at radius 2 is 2.22 bits per heavy atom. The Morgan fingerprint density at radius 3 is 2.94 bits per heavy atom. The zero-order valence-corrected chi connectivity index (χ0v) is 17.3. The maximum Gasteiger partial charge on any atom is 0.205 e. The van der Waals surface area contributed by atoms with E-state index in [1.54, 1.807) is 0 Å². The lowest BCUT2D eigenvalue weighted by molar-refractivity contribution is 0.0607. The van der Waals surface area contributed by atoms with E-state index in [1.807, 2.05) is 6.92 Å². The van der Waals surface area contributed by atoms with E-state index in [9.17, 15) is 5.11 Å². The molecule has 0 aliphatic carbocycles. The van der Waals surface area contributed by atoms with Crippen LogP contribution in [0.3, 0.4) is 0 Å². The number of aryl methyl sites for hydroxylation is 1. The third-order valence-electron chi connectivity index (χ3n) is 6.23. The van der Waals surface area contributed by atoms with E-state index >= 15 is 4.39 Å². The number of anilines is 1. The predicted octanol–water partition coefficient (Wildman–Crippen LogP) is 1.88. The van der Waals surface area contributed by atoms with Crippen LogP contribution in [0.25, 0.3) is 22.8 Å². The van der Waals surface area contributed by atoms with Crippen molar-refractivity contribution in [2.75, 3.05) is 11.9 Å². The lowest BCUT2D eigenvalue weighted by Gasteiger charge is -2.51. The smallest absolute Gasteiger partial charge is 0.205 e. The number of hydrogen-bond acceptors (Lipinski definition) is 9. The lowest BCUT2D eigenvalue weighted by atomic mass is 9.74. The number of hydrogen-bond donors (Lipinski definition) is 2. The third-order valence-corrected chi connectivity index (χ3v) is 6.23. The summed E-state index contributed by atoms with van der Waals surface area (Å²) in [6.45, 7) is -3.30. The van der Waals surface area contributed by atoms with Gasteiger partial charge in [0.05, 0.1) is 24.8 Å². The molecule has 32 heavy (non-hydrogen) atoms. The number of aromatic hydroxyl groups is 1. The molecule has 0 amide bonds. The van der Waals surface area contributed by atoms with Crippen molar-refractivity contribution in [3.63, 3.8) is 0 Å². The monoisotopic (exact) mass is 445 g/mol. The molecule has 168 valence electrons. The van der Waals surface area contributed by atoms with Crippen LogP contribution in [0, 0.1) is 0 Å². The van der Waals surface area contributed by atoms with Gasteiger partial charge in [0.2, 0.25) is 5.82 Å². The molecule has 1 aromatic carbocycles. The van der Waals surface area contributed by atoms with Crippen molar-refractivity contribution < 1.29 is 17.7 Å². The fraction of sp³-hybridized carbons (Fsp3) is 0.524. The maximum atomic E-state index is 15.5. The highest BCUT2D eigenvalue weighted by Gasteiger charge is 2.47. The van der Waals surface area contributed by atoms with Gasteiger partial charge in [-0.15, -0.1) is 20.4 Å². The van der Waals surface area contributed by atoms with Gasteiger partial charge in [-0.1, -0.05) is 6.07 Å². The minimum Gasteiger partial charge on any atom is -0.507 e. The summed E-state index contributed by atoms with van der Waals surface area (Å²) in [5.41, 5.74) is 0.111. The highest BCUT2D eigenvalue weighted by atomic mass is 19.1. The standard InChI is InChI=1S/C21H26FN9O/c1-21-8-4-5-14(24-21)18(22)15(10-21)30(2)17-11-23-20(26-25-17)13-7-6-12(9-16(13)32)19-27-29-31(3)28-19/h6-7,9,11,14-15,18,24,32H,4-5,8,10H2,1-3H3/t14-,15-,18+,21-/m0/s1/i2D3,3D3. The summed E-state index contributed by atoms with van der Waals surface area (Å²) >= 11 is 0. The fourth-order valence-electron chi connectivity index (χ4n) is 4.64. The molecule has 3 aromatic rings. The second kappa shape index (κ2) is 7.73. The van der Waals surface area contributed by atoms with Crippen LogP contribution in [0.5, 0.6) is 5.75 Å². The first-order chi connectivity index (χ1) is 17.7. The fourth-order valence-corrected chi connectivity index (χ4v) is 4.64. The van der Waals surface area contributed by atoms with Crippen molar-refractivity contribution in [1.29, 1.82) is 0 Å². The number of fused-ring (bicyclic) bond motifs is 2. The summed E-state index contributed by atoms with van der Waals surface area (Å²) in [5.74, 6) is -0.357. The van der Waals surface area contributed by atoms with E-state index in [0.717, 1.165) is 17.7 Å². The molecule has 2 fully saturated rings. The number of benzene rings is 1. The average molecular weight is 446 g/mol. The number of halogens is 1. The number of alkyl halides is 1. The van der Waals surface area contributed by atoms with Gasteiger partial charge in [-0.25, -0.2) is 9.37 Å². The summed E-state index contributed by atoms with van der Waals surface area (Å²) in [4.78, 5) is 5.69. The van der Waals surface area contributed by atoms with Crippen molar-refractivity contribution >= 4 is 5.82 Å². The van der Waals surface area contributed by atoms with Gasteiger partial charge < -0.3 is 15.3 Å². The Bertz CT molecular complexity index is 1320. The van der Waals surface area contributed by atoms with Crippen molar-refractivity contribution in [2.45, 2.75) is 56.4 Å². The predicted molar refractivity (Wildman–Crippen MR) is 116 cm³/mol. The van der Waals surface area contributed by atoms with Crippen LogP contribution < -0.4 is 10.2 Å². The Morgan fingerprint density at radius 1 is 1.31 bits per heavy atom. The van der Waals surface area contributed by atoms with Crippen LogP contribution in [-0.2, 0) is 6.98 Å². The Hall–Kier alpha value is -3.21. The van der Waals surface area contributed by atoms with E-state index < -0.39 is 32.2 Å². The van der Waals surface area contributed by atoms with Crippen LogP contribution in [0.2, 0.25) is 0 Å². The van der Waals surface area contributed by atoms with Gasteiger partial charge in [-0.2, -0.15) is 4.80 Å². The minimum atomic E-state index is -2.68. The molecule has 4 heterocycles. The molecule has 0 spiro atoms. The second-order valence-corrected chi connectivity index (χ2v) is 8.56. The molecule has 2 saturated heterocycles. The van der Waals surface area contributed by atoms with Crippen LogP contribution in [0.1, 0.15) is 40.8 Å². The van der Waals surface area contributed by atoms with Crippen molar-refractivity contribution in [3.05, 3.63) is 24.4 Å². The van der Waals surface area contributed by atoms with Crippen molar-refractivity contribution in [2.24, 2.45) is 6.98 Å². The van der Waals surface area contributed by atoms with Crippen LogP contribution in [-0.4, -0.2) is 71.3 Å². The molecular weight excluding hydrogens is 413 g/mol. The van der Waals surface area contributed by atoms with Gasteiger partial charge in [-0.05, 0) is 50.0 Å². The van der Waals surface area contributed by atoms with E-state index in [4.69, 9.17) is 8.22 Å². The first kappa shape index (κ1) is 14.8. The largest absolute Gasteiger partial charge is 0.507 e. The van der Waals surface area contributed by atoms with Crippen LogP contribution >= 0.6 is 0 Å². The third kappa shape index (κ3) is 3.66. The molecule has 0 saturated carbocycles. The highest BCUT2D eigenvalue weighted by Crippen LogP contribution is 2.38. The topological polar surface area (TPSA) is 118 Å². The maximum absolute atomic E-state index is 15.5. The Kier molecular flexibility index (Phi) is 3.57. The summed E-state index contributed by atoms with van der Waals surface area (Å²) in [6.07, 6.45) is 2.40. The minimum absolute atomic E-state index is 0.00750. The number of nitrogens with one attached hydrogen (secondary N) is 1. The normalized spacial score (nSPS) is 30.9. The summed E-state index contributed by atoms with van der Waals surface area (Å²) in [6, 6.07) is 2.90. The average Bonchev–Trinajstić information content (AvgIpc) is 3.33. The zero-order valence-electron chi connectivity index (χ0n) is 23.3. The molecular formula is C21H26FN9O. The first-order valence-corrected chi connectivity index (χ1v) is 10.3. The van der Waals surface area contributed by atoms with Crippen molar-refractivity contribution in [1.82, 2.24) is 40.7 Å². The summed E-state index contributed by atoms with van der Waals surface area (Å²) in [7, 11) is 0. The number of piperidine rings is 2. The Labute approximate surface area is 193 Å². The summed E-state index contributed by atoms with van der Waals surface area (Å²) in [5, 5.41) is 33.0. The summed E-state index contributed by atoms with van der Waals surface area (Å²) < 4.78 is 61.8. The van der Waals surface area contributed by atoms with Crippen LogP contribution in [0.15, 0.2) is 24.4 Å². The number of phenolic OH excluding ortho intramolecular Hbond substituents is 1. The highest BCUT2D eigenvalue weighted by molar-refractivity contribution is 5.69. The molecule has 5 rings (SSSR count). The lowest BCUT2D eigenvalue weighted by Crippen LogP contribution is -2.66. The number of rotatable bonds is 4. The van der Waals surface area contributed by atoms with Gasteiger partial charge in [0.15, 0.2) is 11.6 Å². The van der Waals surface area contributed by atoms with Gasteiger partial charge in [-0.3, -0.25) is 0 Å². The zero-order chi connectivity index (χ0) is 27.5. The van der Waals surface area contributed by atoms with Crippen molar-refractivity contribution in [3.8, 4) is 28.5 Å². The van der Waals surface area contributed by atoms with E-state index in [1.165, 1.54) is 24.4 Å². The van der Waals surface area contributed by atoms with Gasteiger partial charge in [0.25, 0.3) is 0 Å². The van der Waals surface area contributed by atoms with Gasteiger partial charge in [0, 0.05) is 32.3 Å². The van der Waals surface area contributed by atoms with E-state index in [2.05, 4.69) is 35.9 Å². The number of nitrogens with zero attached hydrogens (tertiary/aromatic N) is 8. The molecule has 10 nitrogen and oxygen atoms in total.